The van der Waals surface area contributed by atoms with Crippen LogP contribution in [0.3, 0.4) is 0 Å². The zero-order valence-corrected chi connectivity index (χ0v) is 8.49. The van der Waals surface area contributed by atoms with Crippen molar-refractivity contribution in [2.45, 2.75) is 13.3 Å². The van der Waals surface area contributed by atoms with Crippen LogP contribution < -0.4 is 0 Å². The van der Waals surface area contributed by atoms with Crippen LogP contribution in [0.15, 0.2) is 29.3 Å². The fourth-order valence-electron chi connectivity index (χ4n) is 1.04. The van der Waals surface area contributed by atoms with Crippen LogP contribution >= 0.6 is 0 Å². The summed E-state index contributed by atoms with van der Waals surface area (Å²) in [7, 11) is 3.93. The van der Waals surface area contributed by atoms with Gasteiger partial charge in [-0.1, -0.05) is 19.1 Å². The zero-order chi connectivity index (χ0) is 9.68. The highest BCUT2D eigenvalue weighted by atomic mass is 15.1. The number of rotatable bonds is 3. The van der Waals surface area contributed by atoms with E-state index in [0.717, 1.165) is 12.1 Å². The van der Waals surface area contributed by atoms with Crippen molar-refractivity contribution < 1.29 is 0 Å². The lowest BCUT2D eigenvalue weighted by atomic mass is 10.1. The van der Waals surface area contributed by atoms with Crippen molar-refractivity contribution in [2.75, 3.05) is 14.1 Å². The van der Waals surface area contributed by atoms with Crippen molar-refractivity contribution in [1.82, 2.24) is 4.90 Å². The lowest BCUT2D eigenvalue weighted by molar-refractivity contribution is 0.643. The van der Waals surface area contributed by atoms with E-state index in [4.69, 9.17) is 0 Å². The summed E-state index contributed by atoms with van der Waals surface area (Å²) >= 11 is 0. The first-order chi connectivity index (χ1) is 6.22. The van der Waals surface area contributed by atoms with Gasteiger partial charge in [-0.2, -0.15) is 0 Å². The van der Waals surface area contributed by atoms with Crippen LogP contribution in [0.25, 0.3) is 0 Å². The third-order valence-corrected chi connectivity index (χ3v) is 1.76. The number of benzene rings is 1. The average Bonchev–Trinajstić information content (AvgIpc) is 2.15. The fraction of sp³-hybridized carbons (Fsp3) is 0.364. The molecule has 1 aromatic carbocycles. The molecule has 0 spiro atoms. The molecule has 0 saturated heterocycles. The van der Waals surface area contributed by atoms with E-state index in [1.54, 1.807) is 0 Å². The lowest BCUT2D eigenvalue weighted by Crippen LogP contribution is -2.06. The smallest absolute Gasteiger partial charge is 0.0907 e. The number of hydrogen-bond acceptors (Lipinski definition) is 1. The molecule has 1 aromatic rings. The van der Waals surface area contributed by atoms with Crippen molar-refractivity contribution in [3.8, 4) is 0 Å². The van der Waals surface area contributed by atoms with Gasteiger partial charge in [-0.15, -0.1) is 0 Å². The minimum absolute atomic E-state index is 1.02. The molecule has 0 atom stereocenters. The first kappa shape index (κ1) is 9.78. The molecule has 0 aromatic heterocycles. The fourth-order valence-corrected chi connectivity index (χ4v) is 1.04. The van der Waals surface area contributed by atoms with Crippen LogP contribution in [-0.4, -0.2) is 25.3 Å². The summed E-state index contributed by atoms with van der Waals surface area (Å²) in [6.07, 6.45) is 2.88. The Bertz CT molecular complexity index is 290. The minimum Gasteiger partial charge on any atom is -0.369 e. The van der Waals surface area contributed by atoms with E-state index in [1.807, 2.05) is 37.5 Å². The van der Waals surface area contributed by atoms with Crippen LogP contribution in [0.1, 0.15) is 12.5 Å². The first-order valence-electron chi connectivity index (χ1n) is 4.52. The largest absolute Gasteiger partial charge is 0.369 e. The summed E-state index contributed by atoms with van der Waals surface area (Å²) in [5.41, 5.74) is 2.35. The second-order valence-corrected chi connectivity index (χ2v) is 3.23. The summed E-state index contributed by atoms with van der Waals surface area (Å²) in [4.78, 5) is 6.24. The molecule has 13 heavy (non-hydrogen) atoms. The topological polar surface area (TPSA) is 15.6 Å². The molecule has 0 radical (unpaired) electrons. The van der Waals surface area contributed by atoms with Crippen molar-refractivity contribution in [2.24, 2.45) is 4.99 Å². The SMILES string of the molecule is CCc1cccc(/N=C/N(C)C)c1. The van der Waals surface area contributed by atoms with Crippen LogP contribution in [0.5, 0.6) is 0 Å². The third-order valence-electron chi connectivity index (χ3n) is 1.76. The van der Waals surface area contributed by atoms with Crippen LogP contribution in [-0.2, 0) is 6.42 Å². The molecule has 0 saturated carbocycles. The maximum atomic E-state index is 4.32. The van der Waals surface area contributed by atoms with E-state index in [9.17, 15) is 0 Å². The van der Waals surface area contributed by atoms with Gasteiger partial charge in [0.1, 0.15) is 0 Å². The van der Waals surface area contributed by atoms with Crippen molar-refractivity contribution in [1.29, 1.82) is 0 Å². The molecule has 2 heteroatoms. The monoisotopic (exact) mass is 176 g/mol. The highest BCUT2D eigenvalue weighted by Gasteiger charge is 1.90. The molecule has 0 aliphatic rings. The second kappa shape index (κ2) is 4.65. The van der Waals surface area contributed by atoms with Gasteiger partial charge >= 0.3 is 0 Å². The summed E-state index contributed by atoms with van der Waals surface area (Å²) in [5.74, 6) is 0. The predicted octanol–water partition coefficient (Wildman–Crippen LogP) is 2.47. The van der Waals surface area contributed by atoms with Gasteiger partial charge in [0.25, 0.3) is 0 Å². The van der Waals surface area contributed by atoms with Gasteiger partial charge in [0.05, 0.1) is 12.0 Å². The Kier molecular flexibility index (Phi) is 3.50. The Labute approximate surface area is 79.9 Å². The molecule has 2 nitrogen and oxygen atoms in total. The van der Waals surface area contributed by atoms with Gasteiger partial charge in [-0.25, -0.2) is 4.99 Å². The Morgan fingerprint density at radius 1 is 1.38 bits per heavy atom. The molecule has 0 fully saturated rings. The van der Waals surface area contributed by atoms with Gasteiger partial charge in [-0.05, 0) is 24.1 Å². The number of nitrogens with zero attached hydrogens (tertiary/aromatic N) is 2. The molecular weight excluding hydrogens is 160 g/mol. The molecule has 0 unspecified atom stereocenters. The van der Waals surface area contributed by atoms with Gasteiger partial charge in [0.15, 0.2) is 0 Å². The molecule has 0 aliphatic heterocycles. The Hall–Kier alpha value is -1.31. The van der Waals surface area contributed by atoms with E-state index in [0.29, 0.717) is 0 Å². The van der Waals surface area contributed by atoms with Crippen LogP contribution in [0, 0.1) is 0 Å². The zero-order valence-electron chi connectivity index (χ0n) is 8.49. The van der Waals surface area contributed by atoms with Crippen molar-refractivity contribution in [3.05, 3.63) is 29.8 Å². The van der Waals surface area contributed by atoms with E-state index in [1.165, 1.54) is 5.56 Å². The first-order valence-corrected chi connectivity index (χ1v) is 4.52. The maximum absolute atomic E-state index is 4.32. The number of aliphatic imine (C=N–C) groups is 1. The minimum atomic E-state index is 1.02. The van der Waals surface area contributed by atoms with Gasteiger partial charge in [-0.3, -0.25) is 0 Å². The van der Waals surface area contributed by atoms with Gasteiger partial charge in [0, 0.05) is 14.1 Å². The summed E-state index contributed by atoms with van der Waals surface area (Å²) in [6.45, 7) is 2.15. The summed E-state index contributed by atoms with van der Waals surface area (Å²) in [6, 6.07) is 8.29. The molecule has 0 bridgehead atoms. The maximum Gasteiger partial charge on any atom is 0.0907 e. The summed E-state index contributed by atoms with van der Waals surface area (Å²) < 4.78 is 0. The molecular formula is C11H16N2. The molecule has 70 valence electrons. The van der Waals surface area contributed by atoms with Gasteiger partial charge < -0.3 is 4.90 Å². The molecule has 1 rings (SSSR count). The standard InChI is InChI=1S/C11H16N2/c1-4-10-6-5-7-11(8-10)12-9-13(2)3/h5-9H,4H2,1-3H3/b12-9+. The molecule has 0 amide bonds. The molecule has 0 N–H and O–H groups in total. The average molecular weight is 176 g/mol. The van der Waals surface area contributed by atoms with E-state index in [-0.39, 0.29) is 0 Å². The highest BCUT2D eigenvalue weighted by Crippen LogP contribution is 2.13. The highest BCUT2D eigenvalue weighted by molar-refractivity contribution is 5.60. The quantitative estimate of drug-likeness (QED) is 0.510. The summed E-state index contributed by atoms with van der Waals surface area (Å²) in [5, 5.41) is 0. The number of aryl methyl sites for hydroxylation is 1. The molecule has 0 heterocycles. The Morgan fingerprint density at radius 3 is 2.77 bits per heavy atom. The van der Waals surface area contributed by atoms with Gasteiger partial charge in [0.2, 0.25) is 0 Å². The Morgan fingerprint density at radius 2 is 2.15 bits per heavy atom. The molecule has 0 aliphatic carbocycles. The van der Waals surface area contributed by atoms with E-state index >= 15 is 0 Å². The van der Waals surface area contributed by atoms with Crippen molar-refractivity contribution in [3.63, 3.8) is 0 Å². The Balaban J connectivity index is 2.77. The second-order valence-electron chi connectivity index (χ2n) is 3.23. The predicted molar refractivity (Wildman–Crippen MR) is 57.7 cm³/mol. The lowest BCUT2D eigenvalue weighted by Gasteiger charge is -2.02. The number of hydrogen-bond donors (Lipinski definition) is 0. The van der Waals surface area contributed by atoms with Crippen molar-refractivity contribution >= 4 is 12.0 Å². The van der Waals surface area contributed by atoms with E-state index in [2.05, 4.69) is 24.0 Å². The third kappa shape index (κ3) is 3.28. The van der Waals surface area contributed by atoms with Crippen LogP contribution in [0.2, 0.25) is 0 Å². The van der Waals surface area contributed by atoms with E-state index < -0.39 is 0 Å². The van der Waals surface area contributed by atoms with Crippen LogP contribution in [0.4, 0.5) is 5.69 Å². The normalized spacial score (nSPS) is 10.7.